The minimum Gasteiger partial charge on any atom is -0.480 e. The molecule has 6 nitrogen and oxygen atoms in total. The van der Waals surface area contributed by atoms with Crippen LogP contribution in [0.4, 0.5) is 0 Å². The molecule has 0 aromatic carbocycles. The van der Waals surface area contributed by atoms with E-state index in [-0.39, 0.29) is 11.8 Å². The molecular formula is C14H24N2O4S. The maximum absolute atomic E-state index is 12.0. The number of nitrogens with zero attached hydrogens (tertiary/aromatic N) is 1. The molecule has 2 unspecified atom stereocenters. The number of nitrogens with one attached hydrogen (secondary N) is 1. The summed E-state index contributed by atoms with van der Waals surface area (Å²) in [5.74, 6) is 0.195. The zero-order chi connectivity index (χ0) is 15.8. The number of aliphatic carboxylic acids is 1. The topological polar surface area (TPSA) is 86.7 Å². The van der Waals surface area contributed by atoms with Crippen LogP contribution in [0.1, 0.15) is 33.1 Å². The lowest BCUT2D eigenvalue weighted by Gasteiger charge is -2.30. The number of carboxylic acids is 1. The van der Waals surface area contributed by atoms with Gasteiger partial charge in [0.2, 0.25) is 11.8 Å². The van der Waals surface area contributed by atoms with E-state index < -0.39 is 12.0 Å². The predicted octanol–water partition coefficient (Wildman–Crippen LogP) is 0.957. The monoisotopic (exact) mass is 316 g/mol. The average Bonchev–Trinajstić information content (AvgIpc) is 2.41. The minimum atomic E-state index is -1.04. The quantitative estimate of drug-likeness (QED) is 0.683. The molecule has 0 spiro atoms. The molecule has 0 radical (unpaired) electrons. The van der Waals surface area contributed by atoms with Crippen LogP contribution in [0.25, 0.3) is 0 Å². The Morgan fingerprint density at radius 3 is 2.71 bits per heavy atom. The van der Waals surface area contributed by atoms with E-state index in [2.05, 4.69) is 12.2 Å². The van der Waals surface area contributed by atoms with Gasteiger partial charge in [-0.15, -0.1) is 0 Å². The van der Waals surface area contributed by atoms with Gasteiger partial charge < -0.3 is 15.3 Å². The van der Waals surface area contributed by atoms with Crippen LogP contribution < -0.4 is 5.32 Å². The van der Waals surface area contributed by atoms with Gasteiger partial charge in [0, 0.05) is 20.0 Å². The van der Waals surface area contributed by atoms with Crippen LogP contribution in [-0.4, -0.2) is 58.4 Å². The molecule has 0 aromatic heterocycles. The summed E-state index contributed by atoms with van der Waals surface area (Å²) in [6.45, 7) is 5.10. The number of carboxylic acid groups (broad SMARTS) is 1. The molecule has 21 heavy (non-hydrogen) atoms. The first-order valence-corrected chi connectivity index (χ1v) is 8.41. The Bertz CT molecular complexity index is 389. The number of hydrogen-bond donors (Lipinski definition) is 2. The Hall–Kier alpha value is -1.24. The van der Waals surface area contributed by atoms with E-state index in [1.807, 2.05) is 4.90 Å². The first-order valence-electron chi connectivity index (χ1n) is 7.25. The largest absolute Gasteiger partial charge is 0.480 e. The third-order valence-electron chi connectivity index (χ3n) is 3.46. The lowest BCUT2D eigenvalue weighted by molar-refractivity contribution is -0.141. The second kappa shape index (κ2) is 8.92. The number of amides is 2. The highest BCUT2D eigenvalue weighted by atomic mass is 32.2. The maximum atomic E-state index is 12.0. The van der Waals surface area contributed by atoms with Crippen molar-refractivity contribution in [3.05, 3.63) is 0 Å². The summed E-state index contributed by atoms with van der Waals surface area (Å²) in [5.41, 5.74) is 0. The summed E-state index contributed by atoms with van der Waals surface area (Å²) < 4.78 is 0. The van der Waals surface area contributed by atoms with Crippen molar-refractivity contribution in [2.24, 2.45) is 5.92 Å². The zero-order valence-corrected chi connectivity index (χ0v) is 13.4. The maximum Gasteiger partial charge on any atom is 0.326 e. The second-order valence-corrected chi connectivity index (χ2v) is 6.62. The number of likely N-dealkylation sites (tertiary alicyclic amines) is 1. The molecule has 1 fully saturated rings. The highest BCUT2D eigenvalue weighted by molar-refractivity contribution is 7.99. The van der Waals surface area contributed by atoms with Crippen molar-refractivity contribution >= 4 is 29.5 Å². The van der Waals surface area contributed by atoms with E-state index in [0.29, 0.717) is 23.8 Å². The standard InChI is InChI=1S/C14H24N2O4S/c1-10-4-3-6-16(8-10)13(18)9-21-7-5-12(14(19)20)15-11(2)17/h10,12H,3-9H2,1-2H3,(H,15,17)(H,19,20). The van der Waals surface area contributed by atoms with Crippen molar-refractivity contribution in [1.29, 1.82) is 0 Å². The molecule has 1 rings (SSSR count). The first-order chi connectivity index (χ1) is 9.90. The minimum absolute atomic E-state index is 0.123. The van der Waals surface area contributed by atoms with Gasteiger partial charge in [-0.25, -0.2) is 4.79 Å². The van der Waals surface area contributed by atoms with Crippen LogP contribution in [0.2, 0.25) is 0 Å². The van der Waals surface area contributed by atoms with E-state index in [4.69, 9.17) is 5.11 Å². The van der Waals surface area contributed by atoms with Crippen molar-refractivity contribution in [1.82, 2.24) is 10.2 Å². The molecule has 2 amide bonds. The molecule has 2 N–H and O–H groups in total. The van der Waals surface area contributed by atoms with Crippen LogP contribution in [0.15, 0.2) is 0 Å². The van der Waals surface area contributed by atoms with Crippen LogP contribution >= 0.6 is 11.8 Å². The number of hydrogen-bond acceptors (Lipinski definition) is 4. The fourth-order valence-corrected chi connectivity index (χ4v) is 3.27. The lowest BCUT2D eigenvalue weighted by atomic mass is 10.0. The van der Waals surface area contributed by atoms with Gasteiger partial charge in [-0.3, -0.25) is 9.59 Å². The molecule has 1 aliphatic heterocycles. The van der Waals surface area contributed by atoms with Gasteiger partial charge in [0.1, 0.15) is 6.04 Å². The van der Waals surface area contributed by atoms with Crippen LogP contribution in [0.3, 0.4) is 0 Å². The van der Waals surface area contributed by atoms with E-state index in [9.17, 15) is 14.4 Å². The summed E-state index contributed by atoms with van der Waals surface area (Å²) in [6, 6.07) is -0.875. The van der Waals surface area contributed by atoms with Gasteiger partial charge in [-0.05, 0) is 30.9 Å². The molecule has 1 heterocycles. The lowest BCUT2D eigenvalue weighted by Crippen LogP contribution is -2.41. The van der Waals surface area contributed by atoms with Crippen molar-refractivity contribution in [2.75, 3.05) is 24.6 Å². The van der Waals surface area contributed by atoms with Crippen LogP contribution in [0.5, 0.6) is 0 Å². The molecule has 0 bridgehead atoms. The summed E-state index contributed by atoms with van der Waals surface area (Å²) in [7, 11) is 0. The fraction of sp³-hybridized carbons (Fsp3) is 0.786. The van der Waals surface area contributed by atoms with E-state index in [0.717, 1.165) is 19.5 Å². The summed E-state index contributed by atoms with van der Waals surface area (Å²) in [5, 5.41) is 11.4. The Balaban J connectivity index is 2.24. The van der Waals surface area contributed by atoms with Gasteiger partial charge in [-0.2, -0.15) is 11.8 Å². The molecule has 0 aromatic rings. The number of piperidine rings is 1. The third-order valence-corrected chi connectivity index (χ3v) is 4.44. The fourth-order valence-electron chi connectivity index (χ4n) is 2.37. The van der Waals surface area contributed by atoms with Gasteiger partial charge >= 0.3 is 5.97 Å². The molecule has 2 atom stereocenters. The number of rotatable bonds is 7. The highest BCUT2D eigenvalue weighted by Gasteiger charge is 2.21. The van der Waals surface area contributed by atoms with E-state index in [1.165, 1.54) is 25.1 Å². The van der Waals surface area contributed by atoms with Gasteiger partial charge in [0.15, 0.2) is 0 Å². The van der Waals surface area contributed by atoms with Crippen molar-refractivity contribution in [3.63, 3.8) is 0 Å². The Labute approximate surface area is 129 Å². The first kappa shape index (κ1) is 17.8. The van der Waals surface area contributed by atoms with Crippen LogP contribution in [-0.2, 0) is 14.4 Å². The molecule has 0 aliphatic carbocycles. The predicted molar refractivity (Wildman–Crippen MR) is 82.2 cm³/mol. The van der Waals surface area contributed by atoms with Gasteiger partial charge in [0.25, 0.3) is 0 Å². The molecular weight excluding hydrogens is 292 g/mol. The third kappa shape index (κ3) is 6.84. The molecule has 0 saturated carbocycles. The Morgan fingerprint density at radius 1 is 1.43 bits per heavy atom. The van der Waals surface area contributed by atoms with Crippen molar-refractivity contribution in [3.8, 4) is 0 Å². The number of carbonyl (C=O) groups excluding carboxylic acids is 2. The SMILES string of the molecule is CC(=O)NC(CCSCC(=O)N1CCCC(C)C1)C(=O)O. The van der Waals surface area contributed by atoms with Crippen molar-refractivity contribution < 1.29 is 19.5 Å². The number of thioether (sulfide) groups is 1. The van der Waals surface area contributed by atoms with Gasteiger partial charge in [-0.1, -0.05) is 6.92 Å². The summed E-state index contributed by atoms with van der Waals surface area (Å²) >= 11 is 1.42. The zero-order valence-electron chi connectivity index (χ0n) is 12.6. The Morgan fingerprint density at radius 2 is 2.14 bits per heavy atom. The molecule has 1 aliphatic rings. The number of carbonyl (C=O) groups is 3. The molecule has 7 heteroatoms. The van der Waals surface area contributed by atoms with E-state index in [1.54, 1.807) is 0 Å². The normalized spacial score (nSPS) is 19.9. The Kier molecular flexibility index (Phi) is 7.56. The van der Waals surface area contributed by atoms with Crippen molar-refractivity contribution in [2.45, 2.75) is 39.2 Å². The van der Waals surface area contributed by atoms with Gasteiger partial charge in [0.05, 0.1) is 5.75 Å². The van der Waals surface area contributed by atoms with E-state index >= 15 is 0 Å². The smallest absolute Gasteiger partial charge is 0.326 e. The summed E-state index contributed by atoms with van der Waals surface area (Å²) in [6.07, 6.45) is 2.55. The average molecular weight is 316 g/mol. The molecule has 120 valence electrons. The highest BCUT2D eigenvalue weighted by Crippen LogP contribution is 2.17. The summed E-state index contributed by atoms with van der Waals surface area (Å²) in [4.78, 5) is 35.8. The van der Waals surface area contributed by atoms with Crippen LogP contribution in [0, 0.1) is 5.92 Å². The molecule has 1 saturated heterocycles. The second-order valence-electron chi connectivity index (χ2n) is 5.52.